The van der Waals surface area contributed by atoms with Gasteiger partial charge in [0.2, 0.25) is 11.8 Å². The molecule has 136 valence electrons. The predicted molar refractivity (Wildman–Crippen MR) is 91.3 cm³/mol. The molecule has 2 rings (SSSR count). The summed E-state index contributed by atoms with van der Waals surface area (Å²) in [4.78, 5) is 23.6. The number of carbonyl (C=O) groups is 2. The Morgan fingerprint density at radius 3 is 2.58 bits per heavy atom. The lowest BCUT2D eigenvalue weighted by Gasteiger charge is -2.31. The molecule has 0 unspecified atom stereocenters. The van der Waals surface area contributed by atoms with Gasteiger partial charge in [0.15, 0.2) is 0 Å². The lowest BCUT2D eigenvalue weighted by atomic mass is 9.89. The molecule has 6 heteroatoms. The summed E-state index contributed by atoms with van der Waals surface area (Å²) >= 11 is 0. The van der Waals surface area contributed by atoms with Crippen LogP contribution in [0.15, 0.2) is 12.2 Å². The molecule has 1 fully saturated rings. The topological polar surface area (TPSA) is 87.7 Å². The first-order valence-corrected chi connectivity index (χ1v) is 9.13. The van der Waals surface area contributed by atoms with Crippen molar-refractivity contribution in [3.8, 4) is 0 Å². The largest absolute Gasteiger partial charge is 0.394 e. The summed E-state index contributed by atoms with van der Waals surface area (Å²) in [5, 5.41) is 15.3. The van der Waals surface area contributed by atoms with Gasteiger partial charge in [0.25, 0.3) is 0 Å². The van der Waals surface area contributed by atoms with Crippen LogP contribution < -0.4 is 10.6 Å². The van der Waals surface area contributed by atoms with Crippen molar-refractivity contribution in [3.63, 3.8) is 0 Å². The van der Waals surface area contributed by atoms with Crippen molar-refractivity contribution in [1.82, 2.24) is 10.6 Å². The van der Waals surface area contributed by atoms with E-state index in [4.69, 9.17) is 4.74 Å². The second-order valence-corrected chi connectivity index (χ2v) is 6.74. The van der Waals surface area contributed by atoms with E-state index in [0.29, 0.717) is 12.3 Å². The van der Waals surface area contributed by atoms with Crippen LogP contribution in [0.5, 0.6) is 0 Å². The zero-order valence-electron chi connectivity index (χ0n) is 14.5. The third kappa shape index (κ3) is 5.91. The summed E-state index contributed by atoms with van der Waals surface area (Å²) in [6.07, 6.45) is 9.61. The molecular weight excluding hydrogens is 308 g/mol. The van der Waals surface area contributed by atoms with Crippen LogP contribution in [-0.4, -0.2) is 48.3 Å². The molecule has 1 aliphatic heterocycles. The third-order valence-electron chi connectivity index (χ3n) is 4.81. The minimum Gasteiger partial charge on any atom is -0.394 e. The normalized spacial score (nSPS) is 27.7. The zero-order chi connectivity index (χ0) is 17.4. The van der Waals surface area contributed by atoms with Crippen LogP contribution in [0, 0.1) is 5.92 Å². The number of carbonyl (C=O) groups excluding carboxylic acids is 2. The Morgan fingerprint density at radius 2 is 1.92 bits per heavy atom. The van der Waals surface area contributed by atoms with Crippen LogP contribution in [-0.2, 0) is 14.3 Å². The fourth-order valence-electron chi connectivity index (χ4n) is 3.33. The fourth-order valence-corrected chi connectivity index (χ4v) is 3.33. The lowest BCUT2D eigenvalue weighted by molar-refractivity contribution is -0.128. The van der Waals surface area contributed by atoms with Crippen molar-refractivity contribution in [2.75, 3.05) is 13.2 Å². The van der Waals surface area contributed by atoms with Gasteiger partial charge in [-0.05, 0) is 18.8 Å². The monoisotopic (exact) mass is 338 g/mol. The Labute approximate surface area is 144 Å². The average molecular weight is 338 g/mol. The van der Waals surface area contributed by atoms with Gasteiger partial charge in [-0.2, -0.15) is 0 Å². The molecule has 2 amide bonds. The summed E-state index contributed by atoms with van der Waals surface area (Å²) in [5.74, 6) is 0.489. The fraction of sp³-hybridized carbons (Fsp3) is 0.778. The van der Waals surface area contributed by atoms with E-state index in [1.54, 1.807) is 13.0 Å². The maximum Gasteiger partial charge on any atom is 0.222 e. The van der Waals surface area contributed by atoms with Gasteiger partial charge in [-0.1, -0.05) is 38.3 Å². The molecule has 0 aromatic heterocycles. The molecule has 0 bridgehead atoms. The number of hydrogen-bond donors (Lipinski definition) is 3. The van der Waals surface area contributed by atoms with Gasteiger partial charge in [0.05, 0.1) is 25.2 Å². The number of hydrogen-bond acceptors (Lipinski definition) is 4. The molecule has 3 atom stereocenters. The van der Waals surface area contributed by atoms with E-state index in [2.05, 4.69) is 10.6 Å². The highest BCUT2D eigenvalue weighted by Gasteiger charge is 2.28. The van der Waals surface area contributed by atoms with E-state index in [1.165, 1.54) is 32.1 Å². The second kappa shape index (κ2) is 9.79. The first-order valence-electron chi connectivity index (χ1n) is 9.13. The number of ether oxygens (including phenoxy) is 1. The highest BCUT2D eigenvalue weighted by atomic mass is 16.5. The molecule has 6 nitrogen and oxygen atoms in total. The lowest BCUT2D eigenvalue weighted by Crippen LogP contribution is -2.49. The van der Waals surface area contributed by atoms with Crippen LogP contribution >= 0.6 is 0 Å². The molecule has 0 radical (unpaired) electrons. The maximum absolute atomic E-state index is 12.1. The molecule has 0 spiro atoms. The maximum atomic E-state index is 12.1. The van der Waals surface area contributed by atoms with Crippen molar-refractivity contribution in [2.24, 2.45) is 5.92 Å². The van der Waals surface area contributed by atoms with Gasteiger partial charge in [-0.25, -0.2) is 0 Å². The SMILES string of the molecule is CCC(=O)N[C@H]1C=C[C@H](CC(=O)NCC2CCCCC2)O[C@@H]1CO. The van der Waals surface area contributed by atoms with Crippen molar-refractivity contribution in [3.05, 3.63) is 12.2 Å². The van der Waals surface area contributed by atoms with Gasteiger partial charge in [-0.3, -0.25) is 9.59 Å². The van der Waals surface area contributed by atoms with Crippen LogP contribution in [0.25, 0.3) is 0 Å². The van der Waals surface area contributed by atoms with Crippen molar-refractivity contribution < 1.29 is 19.4 Å². The van der Waals surface area contributed by atoms with E-state index in [0.717, 1.165) is 6.54 Å². The first kappa shape index (κ1) is 18.9. The third-order valence-corrected chi connectivity index (χ3v) is 4.81. The van der Waals surface area contributed by atoms with Crippen molar-refractivity contribution >= 4 is 11.8 Å². The Hall–Kier alpha value is -1.40. The predicted octanol–water partition coefficient (Wildman–Crippen LogP) is 1.28. The Morgan fingerprint density at radius 1 is 1.17 bits per heavy atom. The highest BCUT2D eigenvalue weighted by molar-refractivity contribution is 5.77. The van der Waals surface area contributed by atoms with Gasteiger partial charge >= 0.3 is 0 Å². The standard InChI is InChI=1S/C18H30N2O4/c1-2-17(22)20-15-9-8-14(24-16(15)12-21)10-18(23)19-11-13-6-4-3-5-7-13/h8-9,13-16,21H,2-7,10-12H2,1H3,(H,19,23)(H,20,22)/t14-,15+,16-/m1/s1. The van der Waals surface area contributed by atoms with Crippen LogP contribution in [0.2, 0.25) is 0 Å². The number of amides is 2. The summed E-state index contributed by atoms with van der Waals surface area (Å²) in [6, 6.07) is -0.344. The number of nitrogens with one attached hydrogen (secondary N) is 2. The smallest absolute Gasteiger partial charge is 0.222 e. The van der Waals surface area contributed by atoms with Crippen molar-refractivity contribution in [2.45, 2.75) is 70.1 Å². The van der Waals surface area contributed by atoms with Gasteiger partial charge in [-0.15, -0.1) is 0 Å². The van der Waals surface area contributed by atoms with E-state index < -0.39 is 6.10 Å². The van der Waals surface area contributed by atoms with E-state index >= 15 is 0 Å². The summed E-state index contributed by atoms with van der Waals surface area (Å²) < 4.78 is 5.74. The van der Waals surface area contributed by atoms with Gasteiger partial charge < -0.3 is 20.5 Å². The zero-order valence-corrected chi connectivity index (χ0v) is 14.5. The average Bonchev–Trinajstić information content (AvgIpc) is 2.62. The Balaban J connectivity index is 1.76. The van der Waals surface area contributed by atoms with Gasteiger partial charge in [0.1, 0.15) is 6.10 Å². The molecule has 1 heterocycles. The molecule has 24 heavy (non-hydrogen) atoms. The molecule has 0 aromatic carbocycles. The molecule has 2 aliphatic rings. The van der Waals surface area contributed by atoms with Gasteiger partial charge in [0, 0.05) is 13.0 Å². The number of aliphatic hydroxyl groups is 1. The van der Waals surface area contributed by atoms with E-state index in [9.17, 15) is 14.7 Å². The summed E-state index contributed by atoms with van der Waals surface area (Å²) in [7, 11) is 0. The highest BCUT2D eigenvalue weighted by Crippen LogP contribution is 2.23. The minimum atomic E-state index is -0.512. The van der Waals surface area contributed by atoms with E-state index in [1.807, 2.05) is 6.08 Å². The summed E-state index contributed by atoms with van der Waals surface area (Å²) in [5.41, 5.74) is 0. The van der Waals surface area contributed by atoms with E-state index in [-0.39, 0.29) is 37.0 Å². The molecule has 3 N–H and O–H groups in total. The molecule has 1 aliphatic carbocycles. The second-order valence-electron chi connectivity index (χ2n) is 6.74. The number of aliphatic hydroxyl groups excluding tert-OH is 1. The van der Waals surface area contributed by atoms with Crippen LogP contribution in [0.4, 0.5) is 0 Å². The van der Waals surface area contributed by atoms with Crippen molar-refractivity contribution in [1.29, 1.82) is 0 Å². The summed E-state index contributed by atoms with van der Waals surface area (Å²) in [6.45, 7) is 2.32. The Kier molecular flexibility index (Phi) is 7.72. The number of rotatable bonds is 7. The van der Waals surface area contributed by atoms with Crippen LogP contribution in [0.3, 0.4) is 0 Å². The molecule has 0 saturated heterocycles. The molecular formula is C18H30N2O4. The first-order chi connectivity index (χ1) is 11.6. The quantitative estimate of drug-likeness (QED) is 0.610. The van der Waals surface area contributed by atoms with Crippen LogP contribution in [0.1, 0.15) is 51.9 Å². The minimum absolute atomic E-state index is 0.0250. The molecule has 1 saturated carbocycles. The Bertz CT molecular complexity index is 446. The molecule has 0 aromatic rings.